The number of hydrogen-bond acceptors (Lipinski definition) is 5. The van der Waals surface area contributed by atoms with E-state index in [2.05, 4.69) is 33.0 Å². The molecule has 1 saturated heterocycles. The minimum Gasteiger partial charge on any atom is -0.419 e. The van der Waals surface area contributed by atoms with Gasteiger partial charge in [-0.1, -0.05) is 48.0 Å². The van der Waals surface area contributed by atoms with Crippen molar-refractivity contribution in [2.45, 2.75) is 19.5 Å². The van der Waals surface area contributed by atoms with E-state index in [0.29, 0.717) is 24.4 Å². The Kier molecular flexibility index (Phi) is 5.53. The molecule has 0 bridgehead atoms. The molecule has 2 heterocycles. The third-order valence-electron chi connectivity index (χ3n) is 5.16. The lowest BCUT2D eigenvalue weighted by molar-refractivity contribution is 0.0923. The number of nitrogens with zero attached hydrogens (tertiary/aromatic N) is 4. The van der Waals surface area contributed by atoms with Gasteiger partial charge in [0.15, 0.2) is 0 Å². The van der Waals surface area contributed by atoms with Gasteiger partial charge in [0.1, 0.15) is 0 Å². The van der Waals surface area contributed by atoms with Gasteiger partial charge in [0, 0.05) is 42.8 Å². The first-order valence-electron chi connectivity index (χ1n) is 9.29. The van der Waals surface area contributed by atoms with Gasteiger partial charge < -0.3 is 4.42 Å². The van der Waals surface area contributed by atoms with Crippen molar-refractivity contribution in [3.8, 4) is 11.5 Å². The molecule has 3 aromatic rings. The summed E-state index contributed by atoms with van der Waals surface area (Å²) in [6, 6.07) is 18.3. The molecule has 140 valence electrons. The number of hydrogen-bond donors (Lipinski definition) is 0. The molecule has 1 fully saturated rings. The van der Waals surface area contributed by atoms with E-state index in [9.17, 15) is 0 Å². The van der Waals surface area contributed by atoms with Crippen LogP contribution in [-0.2, 0) is 6.54 Å². The Morgan fingerprint density at radius 2 is 1.67 bits per heavy atom. The molecule has 0 spiro atoms. The predicted octanol–water partition coefficient (Wildman–Crippen LogP) is 4.27. The molecule has 0 amide bonds. The molecular formula is C21H23ClN4O. The fourth-order valence-corrected chi connectivity index (χ4v) is 3.82. The second-order valence-electron chi connectivity index (χ2n) is 6.88. The summed E-state index contributed by atoms with van der Waals surface area (Å²) < 4.78 is 5.84. The first-order valence-corrected chi connectivity index (χ1v) is 9.67. The number of halogens is 1. The summed E-state index contributed by atoms with van der Waals surface area (Å²) in [7, 11) is 0. The van der Waals surface area contributed by atoms with Crippen LogP contribution < -0.4 is 0 Å². The molecule has 27 heavy (non-hydrogen) atoms. The standard InChI is InChI=1S/C21H23ClN4O/c1-16(18-9-5-6-10-19(18)22)26-13-11-25(12-14-26)15-20-23-24-21(27-20)17-7-3-2-4-8-17/h2-10,16H,11-15H2,1H3. The van der Waals surface area contributed by atoms with Gasteiger partial charge in [0.05, 0.1) is 6.54 Å². The molecule has 0 radical (unpaired) electrons. The zero-order chi connectivity index (χ0) is 18.6. The molecular weight excluding hydrogens is 360 g/mol. The van der Waals surface area contributed by atoms with Crippen LogP contribution in [0.2, 0.25) is 5.02 Å². The Balaban J connectivity index is 1.34. The molecule has 1 aromatic heterocycles. The van der Waals surface area contributed by atoms with Crippen LogP contribution in [0.5, 0.6) is 0 Å². The zero-order valence-electron chi connectivity index (χ0n) is 15.4. The van der Waals surface area contributed by atoms with E-state index in [0.717, 1.165) is 36.8 Å². The Hall–Kier alpha value is -2.21. The van der Waals surface area contributed by atoms with Gasteiger partial charge in [-0.15, -0.1) is 10.2 Å². The second kappa shape index (κ2) is 8.21. The van der Waals surface area contributed by atoms with E-state index >= 15 is 0 Å². The number of benzene rings is 2. The number of rotatable bonds is 5. The van der Waals surface area contributed by atoms with Crippen molar-refractivity contribution in [3.63, 3.8) is 0 Å². The van der Waals surface area contributed by atoms with Gasteiger partial charge in [-0.25, -0.2) is 0 Å². The second-order valence-corrected chi connectivity index (χ2v) is 7.28. The average molecular weight is 383 g/mol. The molecule has 5 nitrogen and oxygen atoms in total. The fraction of sp³-hybridized carbons (Fsp3) is 0.333. The lowest BCUT2D eigenvalue weighted by Crippen LogP contribution is -2.46. The van der Waals surface area contributed by atoms with E-state index in [1.165, 1.54) is 5.56 Å². The van der Waals surface area contributed by atoms with Crippen LogP contribution in [0, 0.1) is 0 Å². The van der Waals surface area contributed by atoms with Crippen molar-refractivity contribution in [2.24, 2.45) is 0 Å². The summed E-state index contributed by atoms with van der Waals surface area (Å²) in [5, 5.41) is 9.23. The van der Waals surface area contributed by atoms with E-state index < -0.39 is 0 Å². The third-order valence-corrected chi connectivity index (χ3v) is 5.50. The molecule has 6 heteroatoms. The first kappa shape index (κ1) is 18.2. The summed E-state index contributed by atoms with van der Waals surface area (Å²) in [6.07, 6.45) is 0. The Labute approximate surface area is 164 Å². The molecule has 2 aromatic carbocycles. The van der Waals surface area contributed by atoms with Crippen molar-refractivity contribution in [3.05, 3.63) is 71.1 Å². The van der Waals surface area contributed by atoms with Gasteiger partial charge in [0.25, 0.3) is 0 Å². The SMILES string of the molecule is CC(c1ccccc1Cl)N1CCN(Cc2nnc(-c3ccccc3)o2)CC1. The predicted molar refractivity (Wildman–Crippen MR) is 106 cm³/mol. The highest BCUT2D eigenvalue weighted by Gasteiger charge is 2.24. The van der Waals surface area contributed by atoms with Gasteiger partial charge in [-0.3, -0.25) is 9.80 Å². The summed E-state index contributed by atoms with van der Waals surface area (Å²) in [5.41, 5.74) is 2.15. The topological polar surface area (TPSA) is 45.4 Å². The van der Waals surface area contributed by atoms with Crippen LogP contribution in [0.25, 0.3) is 11.5 Å². The zero-order valence-corrected chi connectivity index (χ0v) is 16.1. The van der Waals surface area contributed by atoms with Crippen LogP contribution in [0.3, 0.4) is 0 Å². The van der Waals surface area contributed by atoms with Crippen LogP contribution in [-0.4, -0.2) is 46.2 Å². The highest BCUT2D eigenvalue weighted by atomic mass is 35.5. The highest BCUT2D eigenvalue weighted by Crippen LogP contribution is 2.28. The number of piperazine rings is 1. The molecule has 1 aliphatic heterocycles. The largest absolute Gasteiger partial charge is 0.419 e. The van der Waals surface area contributed by atoms with Crippen molar-refractivity contribution < 1.29 is 4.42 Å². The van der Waals surface area contributed by atoms with Gasteiger partial charge in [0.2, 0.25) is 11.8 Å². The van der Waals surface area contributed by atoms with Crippen LogP contribution in [0.4, 0.5) is 0 Å². The van der Waals surface area contributed by atoms with Gasteiger partial charge >= 0.3 is 0 Å². The van der Waals surface area contributed by atoms with E-state index in [1.807, 2.05) is 48.5 Å². The van der Waals surface area contributed by atoms with Crippen LogP contribution in [0.15, 0.2) is 59.0 Å². The molecule has 1 unspecified atom stereocenters. The minimum atomic E-state index is 0.314. The van der Waals surface area contributed by atoms with Crippen molar-refractivity contribution in [1.82, 2.24) is 20.0 Å². The smallest absolute Gasteiger partial charge is 0.247 e. The van der Waals surface area contributed by atoms with Crippen molar-refractivity contribution in [1.29, 1.82) is 0 Å². The maximum absolute atomic E-state index is 6.36. The summed E-state index contributed by atoms with van der Waals surface area (Å²) in [6.45, 7) is 6.84. The number of aromatic nitrogens is 2. The van der Waals surface area contributed by atoms with Gasteiger partial charge in [-0.05, 0) is 30.7 Å². The third kappa shape index (κ3) is 4.21. The van der Waals surface area contributed by atoms with E-state index in [4.69, 9.17) is 16.0 Å². The average Bonchev–Trinajstić information content (AvgIpc) is 3.18. The maximum Gasteiger partial charge on any atom is 0.247 e. The van der Waals surface area contributed by atoms with Crippen LogP contribution >= 0.6 is 11.6 Å². The van der Waals surface area contributed by atoms with Crippen molar-refractivity contribution >= 4 is 11.6 Å². The van der Waals surface area contributed by atoms with E-state index in [-0.39, 0.29) is 0 Å². The summed E-state index contributed by atoms with van der Waals surface area (Å²) in [4.78, 5) is 4.83. The molecule has 1 atom stereocenters. The molecule has 0 N–H and O–H groups in total. The summed E-state index contributed by atoms with van der Waals surface area (Å²) in [5.74, 6) is 1.25. The quantitative estimate of drug-likeness (QED) is 0.659. The summed E-state index contributed by atoms with van der Waals surface area (Å²) >= 11 is 6.36. The van der Waals surface area contributed by atoms with E-state index in [1.54, 1.807) is 0 Å². The minimum absolute atomic E-state index is 0.314. The Morgan fingerprint density at radius 1 is 0.963 bits per heavy atom. The first-order chi connectivity index (χ1) is 13.2. The maximum atomic E-state index is 6.36. The lowest BCUT2D eigenvalue weighted by Gasteiger charge is -2.37. The monoisotopic (exact) mass is 382 g/mol. The molecule has 0 saturated carbocycles. The Bertz CT molecular complexity index is 875. The Morgan fingerprint density at radius 3 is 2.41 bits per heavy atom. The molecule has 0 aliphatic carbocycles. The highest BCUT2D eigenvalue weighted by molar-refractivity contribution is 6.31. The lowest BCUT2D eigenvalue weighted by atomic mass is 10.1. The molecule has 4 rings (SSSR count). The van der Waals surface area contributed by atoms with Crippen LogP contribution in [0.1, 0.15) is 24.4 Å². The van der Waals surface area contributed by atoms with Crippen molar-refractivity contribution in [2.75, 3.05) is 26.2 Å². The van der Waals surface area contributed by atoms with Gasteiger partial charge in [-0.2, -0.15) is 0 Å². The normalized spacial score (nSPS) is 17.1. The molecule has 1 aliphatic rings. The fourth-order valence-electron chi connectivity index (χ4n) is 3.53.